The van der Waals surface area contributed by atoms with Gasteiger partial charge >= 0.3 is 0 Å². The molecule has 0 aromatic heterocycles. The predicted molar refractivity (Wildman–Crippen MR) is 83.0 cm³/mol. The number of benzene rings is 1. The zero-order valence-electron chi connectivity index (χ0n) is 13.7. The Morgan fingerprint density at radius 1 is 1.29 bits per heavy atom. The number of ether oxygens (including phenoxy) is 1. The van der Waals surface area contributed by atoms with Crippen LogP contribution in [0.2, 0.25) is 0 Å². The maximum Gasteiger partial charge on any atom is 0.160 e. The number of hydrogen-bond acceptors (Lipinski definition) is 2. The van der Waals surface area contributed by atoms with Crippen molar-refractivity contribution in [3.63, 3.8) is 0 Å². The maximum absolute atomic E-state index is 11.9. The van der Waals surface area contributed by atoms with E-state index in [1.54, 1.807) is 6.92 Å². The van der Waals surface area contributed by atoms with Crippen LogP contribution in [0.15, 0.2) is 12.1 Å². The van der Waals surface area contributed by atoms with Gasteiger partial charge in [0.05, 0.1) is 0 Å². The molecule has 4 rings (SSSR count). The van der Waals surface area contributed by atoms with E-state index < -0.39 is 0 Å². The molecule has 2 saturated carbocycles. The molecule has 4 unspecified atom stereocenters. The summed E-state index contributed by atoms with van der Waals surface area (Å²) in [6, 6.07) is 4.22. The summed E-state index contributed by atoms with van der Waals surface area (Å²) in [5.74, 6) is 1.81. The van der Waals surface area contributed by atoms with E-state index in [1.807, 2.05) is 6.92 Å². The molecule has 1 aromatic rings. The van der Waals surface area contributed by atoms with Crippen molar-refractivity contribution < 1.29 is 9.53 Å². The van der Waals surface area contributed by atoms with Crippen molar-refractivity contribution in [2.45, 2.75) is 64.9 Å². The highest BCUT2D eigenvalue weighted by atomic mass is 16.5. The van der Waals surface area contributed by atoms with Crippen molar-refractivity contribution in [3.8, 4) is 5.75 Å². The molecule has 0 spiro atoms. The summed E-state index contributed by atoms with van der Waals surface area (Å²) in [6.07, 6.45) is 3.80. The van der Waals surface area contributed by atoms with E-state index in [4.69, 9.17) is 4.74 Å². The number of fused-ring (bicyclic) bond motifs is 7. The normalized spacial score (nSPS) is 42.6. The van der Waals surface area contributed by atoms with Crippen molar-refractivity contribution in [1.82, 2.24) is 0 Å². The van der Waals surface area contributed by atoms with Crippen molar-refractivity contribution in [3.05, 3.63) is 28.8 Å². The Kier molecular flexibility index (Phi) is 2.25. The van der Waals surface area contributed by atoms with Crippen LogP contribution in [0, 0.1) is 18.3 Å². The van der Waals surface area contributed by atoms with Gasteiger partial charge in [-0.05, 0) is 69.1 Å². The molecule has 3 aliphatic rings. The van der Waals surface area contributed by atoms with E-state index in [0.29, 0.717) is 11.3 Å². The van der Waals surface area contributed by atoms with Gasteiger partial charge in [0.15, 0.2) is 5.78 Å². The molecule has 1 aromatic carbocycles. The summed E-state index contributed by atoms with van der Waals surface area (Å²) < 4.78 is 6.52. The molecular weight excluding hydrogens is 260 g/mol. The molecule has 0 amide bonds. The van der Waals surface area contributed by atoms with Gasteiger partial charge in [0, 0.05) is 16.5 Å². The molecule has 0 N–H and O–H groups in total. The highest BCUT2D eigenvalue weighted by Crippen LogP contribution is 2.73. The summed E-state index contributed by atoms with van der Waals surface area (Å²) in [5, 5.41) is 0. The largest absolute Gasteiger partial charge is 0.486 e. The average molecular weight is 284 g/mol. The highest BCUT2D eigenvalue weighted by molar-refractivity contribution is 5.96. The summed E-state index contributed by atoms with van der Waals surface area (Å²) in [4.78, 5) is 11.9. The fourth-order valence-corrected chi connectivity index (χ4v) is 5.71. The first-order valence-corrected chi connectivity index (χ1v) is 8.08. The second kappa shape index (κ2) is 3.53. The number of carbonyl (C=O) groups excluding carboxylic acids is 1. The van der Waals surface area contributed by atoms with Gasteiger partial charge in [0.25, 0.3) is 0 Å². The van der Waals surface area contributed by atoms with E-state index in [0.717, 1.165) is 16.9 Å². The smallest absolute Gasteiger partial charge is 0.160 e. The summed E-state index contributed by atoms with van der Waals surface area (Å²) in [5.41, 5.74) is 3.37. The first kappa shape index (κ1) is 13.4. The number of Topliss-reactive ketones (excluding diaryl/α,β-unsaturated/α-hetero) is 1. The first-order valence-electron chi connectivity index (χ1n) is 8.08. The number of carbonyl (C=O) groups is 1. The Morgan fingerprint density at radius 3 is 2.67 bits per heavy atom. The minimum Gasteiger partial charge on any atom is -0.486 e. The van der Waals surface area contributed by atoms with Gasteiger partial charge in [-0.3, -0.25) is 4.79 Å². The average Bonchev–Trinajstić information content (AvgIpc) is 2.94. The third-order valence-electron chi connectivity index (χ3n) is 7.29. The lowest BCUT2D eigenvalue weighted by molar-refractivity contribution is -0.0260. The van der Waals surface area contributed by atoms with E-state index in [2.05, 4.69) is 32.9 Å². The second-order valence-electron chi connectivity index (χ2n) is 8.05. The molecule has 2 bridgehead atoms. The van der Waals surface area contributed by atoms with Crippen LogP contribution in [-0.4, -0.2) is 11.4 Å². The molecule has 1 heterocycles. The van der Waals surface area contributed by atoms with Gasteiger partial charge in [0.2, 0.25) is 0 Å². The van der Waals surface area contributed by atoms with Gasteiger partial charge < -0.3 is 4.74 Å². The number of ketones is 1. The maximum atomic E-state index is 11.9. The molecule has 0 saturated heterocycles. The minimum atomic E-state index is -0.107. The van der Waals surface area contributed by atoms with E-state index in [1.165, 1.54) is 24.8 Å². The Bertz CT molecular complexity index is 676. The Hall–Kier alpha value is -1.31. The van der Waals surface area contributed by atoms with Crippen molar-refractivity contribution >= 4 is 5.78 Å². The predicted octanol–water partition coefficient (Wildman–Crippen LogP) is 4.43. The SMILES string of the molecule is CC(=O)c1cc2c(cc1C)OC1(C)C3CCC(C)(C3)C21C. The van der Waals surface area contributed by atoms with Gasteiger partial charge in [-0.2, -0.15) is 0 Å². The van der Waals surface area contributed by atoms with Gasteiger partial charge in [0.1, 0.15) is 11.4 Å². The van der Waals surface area contributed by atoms with Crippen LogP contribution in [0.3, 0.4) is 0 Å². The molecule has 2 aliphatic carbocycles. The van der Waals surface area contributed by atoms with Gasteiger partial charge in [-0.15, -0.1) is 0 Å². The van der Waals surface area contributed by atoms with Crippen LogP contribution in [0.4, 0.5) is 0 Å². The monoisotopic (exact) mass is 284 g/mol. The summed E-state index contributed by atoms with van der Waals surface area (Å²) >= 11 is 0. The van der Waals surface area contributed by atoms with E-state index in [-0.39, 0.29) is 16.8 Å². The molecule has 4 atom stereocenters. The van der Waals surface area contributed by atoms with Crippen LogP contribution in [0.1, 0.15) is 68.4 Å². The zero-order valence-corrected chi connectivity index (χ0v) is 13.7. The molecule has 112 valence electrons. The van der Waals surface area contributed by atoms with Crippen molar-refractivity contribution in [1.29, 1.82) is 0 Å². The quantitative estimate of drug-likeness (QED) is 0.713. The van der Waals surface area contributed by atoms with Crippen molar-refractivity contribution in [2.24, 2.45) is 11.3 Å². The van der Waals surface area contributed by atoms with Crippen LogP contribution in [0.5, 0.6) is 5.75 Å². The van der Waals surface area contributed by atoms with Gasteiger partial charge in [-0.1, -0.05) is 13.8 Å². The number of rotatable bonds is 1. The lowest BCUT2D eigenvalue weighted by Crippen LogP contribution is -2.54. The molecule has 1 aliphatic heterocycles. The zero-order chi connectivity index (χ0) is 15.2. The lowest BCUT2D eigenvalue weighted by Gasteiger charge is -2.48. The Morgan fingerprint density at radius 2 is 2.00 bits per heavy atom. The fraction of sp³-hybridized carbons (Fsp3) is 0.632. The van der Waals surface area contributed by atoms with Gasteiger partial charge in [-0.25, -0.2) is 0 Å². The van der Waals surface area contributed by atoms with Crippen LogP contribution >= 0.6 is 0 Å². The highest BCUT2D eigenvalue weighted by Gasteiger charge is 2.73. The summed E-state index contributed by atoms with van der Waals surface area (Å²) in [6.45, 7) is 10.8. The molecule has 2 heteroatoms. The minimum absolute atomic E-state index is 0.0240. The number of aryl methyl sites for hydroxylation is 1. The molecule has 2 nitrogen and oxygen atoms in total. The van der Waals surface area contributed by atoms with E-state index >= 15 is 0 Å². The Labute approximate surface area is 126 Å². The summed E-state index contributed by atoms with van der Waals surface area (Å²) in [7, 11) is 0. The van der Waals surface area contributed by atoms with Crippen LogP contribution in [-0.2, 0) is 5.41 Å². The third-order valence-corrected chi connectivity index (χ3v) is 7.29. The topological polar surface area (TPSA) is 26.3 Å². The second-order valence-corrected chi connectivity index (χ2v) is 8.05. The van der Waals surface area contributed by atoms with Crippen LogP contribution in [0.25, 0.3) is 0 Å². The van der Waals surface area contributed by atoms with Crippen LogP contribution < -0.4 is 4.74 Å². The molecule has 0 radical (unpaired) electrons. The molecule has 21 heavy (non-hydrogen) atoms. The van der Waals surface area contributed by atoms with E-state index in [9.17, 15) is 4.79 Å². The molecule has 2 fully saturated rings. The first-order chi connectivity index (χ1) is 9.73. The lowest BCUT2D eigenvalue weighted by atomic mass is 9.56. The third kappa shape index (κ3) is 1.24. The standard InChI is InChI=1S/C19H24O2/c1-11-8-16-15(9-14(11)12(2)20)18(4)17(3)7-6-13(10-17)19(18,5)21-16/h8-9,13H,6-7,10H2,1-5H3. The number of hydrogen-bond donors (Lipinski definition) is 0. The van der Waals surface area contributed by atoms with Crippen molar-refractivity contribution in [2.75, 3.05) is 0 Å². The molecular formula is C19H24O2. The Balaban J connectivity index is 1.99. The fourth-order valence-electron chi connectivity index (χ4n) is 5.71.